The molecule has 1 aromatic carbocycles. The first kappa shape index (κ1) is 19.3. The maximum Gasteiger partial charge on any atom is 0.315 e. The van der Waals surface area contributed by atoms with Gasteiger partial charge < -0.3 is 15.0 Å². The number of halogens is 2. The van der Waals surface area contributed by atoms with E-state index in [2.05, 4.69) is 10.2 Å². The van der Waals surface area contributed by atoms with Gasteiger partial charge in [-0.25, -0.2) is 0 Å². The predicted molar refractivity (Wildman–Crippen MR) is 104 cm³/mol. The van der Waals surface area contributed by atoms with Gasteiger partial charge in [0.2, 0.25) is 0 Å². The van der Waals surface area contributed by atoms with Crippen LogP contribution in [0.3, 0.4) is 0 Å². The Kier molecular flexibility index (Phi) is 5.40. The van der Waals surface area contributed by atoms with E-state index in [1.165, 1.54) is 26.2 Å². The molecule has 0 bridgehead atoms. The standard InChI is InChI=1S/C19H24Cl2N2O3/c1-13(26-17(25)18(2)12-19(18,20)21)16(24)22-14-6-8-15(9-7-14)23-10-4-3-5-11-23/h6-9,13H,3-5,10-12H2,1-2H3,(H,22,24). The number of piperidine rings is 1. The van der Waals surface area contributed by atoms with Gasteiger partial charge in [0.05, 0.1) is 0 Å². The van der Waals surface area contributed by atoms with Crippen molar-refractivity contribution in [1.82, 2.24) is 0 Å². The van der Waals surface area contributed by atoms with Gasteiger partial charge in [0.1, 0.15) is 9.75 Å². The Labute approximate surface area is 164 Å². The third-order valence-corrected chi connectivity index (χ3v) is 6.32. The number of ether oxygens (including phenoxy) is 1. The average Bonchev–Trinajstić information content (AvgIpc) is 3.15. The summed E-state index contributed by atoms with van der Waals surface area (Å²) in [5.41, 5.74) is 0.880. The van der Waals surface area contributed by atoms with E-state index in [4.69, 9.17) is 27.9 Å². The Bertz CT molecular complexity index is 687. The second-order valence-corrected chi connectivity index (χ2v) is 8.83. The minimum absolute atomic E-state index is 0.328. The number of nitrogens with one attached hydrogen (secondary N) is 1. The molecule has 26 heavy (non-hydrogen) atoms. The number of anilines is 2. The maximum atomic E-state index is 12.3. The normalized spacial score (nSPS) is 25.3. The predicted octanol–water partition coefficient (Wildman–Crippen LogP) is 4.13. The van der Waals surface area contributed by atoms with E-state index in [-0.39, 0.29) is 5.91 Å². The van der Waals surface area contributed by atoms with Crippen molar-refractivity contribution in [2.24, 2.45) is 5.41 Å². The van der Waals surface area contributed by atoms with Crippen LogP contribution in [0.1, 0.15) is 39.5 Å². The molecule has 3 rings (SSSR count). The lowest BCUT2D eigenvalue weighted by Gasteiger charge is -2.28. The van der Waals surface area contributed by atoms with E-state index in [0.717, 1.165) is 18.8 Å². The fourth-order valence-electron chi connectivity index (χ4n) is 3.12. The molecule has 7 heteroatoms. The van der Waals surface area contributed by atoms with Crippen LogP contribution in [-0.4, -0.2) is 35.4 Å². The second kappa shape index (κ2) is 7.28. The molecule has 0 spiro atoms. The van der Waals surface area contributed by atoms with E-state index in [1.807, 2.05) is 24.3 Å². The van der Waals surface area contributed by atoms with E-state index in [9.17, 15) is 9.59 Å². The summed E-state index contributed by atoms with van der Waals surface area (Å²) < 4.78 is 4.13. The van der Waals surface area contributed by atoms with Gasteiger partial charge in [-0.1, -0.05) is 0 Å². The van der Waals surface area contributed by atoms with Crippen LogP contribution in [-0.2, 0) is 14.3 Å². The molecule has 0 aromatic heterocycles. The number of hydrogen-bond donors (Lipinski definition) is 1. The molecule has 1 N–H and O–H groups in total. The molecule has 142 valence electrons. The van der Waals surface area contributed by atoms with Crippen molar-refractivity contribution < 1.29 is 14.3 Å². The molecule has 2 atom stereocenters. The molecule has 1 amide bonds. The fourth-order valence-corrected chi connectivity index (χ4v) is 3.81. The largest absolute Gasteiger partial charge is 0.452 e. The van der Waals surface area contributed by atoms with Gasteiger partial charge in [0, 0.05) is 30.9 Å². The van der Waals surface area contributed by atoms with Crippen LogP contribution < -0.4 is 10.2 Å². The summed E-state index contributed by atoms with van der Waals surface area (Å²) in [6, 6.07) is 7.72. The van der Waals surface area contributed by atoms with Gasteiger partial charge in [-0.15, -0.1) is 23.2 Å². The lowest BCUT2D eigenvalue weighted by Crippen LogP contribution is -2.33. The fraction of sp³-hybridized carbons (Fsp3) is 0.579. The van der Waals surface area contributed by atoms with Crippen LogP contribution in [0.2, 0.25) is 0 Å². The van der Waals surface area contributed by atoms with Crippen molar-refractivity contribution in [1.29, 1.82) is 0 Å². The Morgan fingerprint density at radius 3 is 2.27 bits per heavy atom. The Morgan fingerprint density at radius 1 is 1.15 bits per heavy atom. The van der Waals surface area contributed by atoms with Crippen LogP contribution in [0.5, 0.6) is 0 Å². The SMILES string of the molecule is CC(OC(=O)C1(C)CC1(Cl)Cl)C(=O)Nc1ccc(N2CCCCC2)cc1. The molecule has 1 heterocycles. The number of alkyl halides is 2. The number of carbonyl (C=O) groups is 2. The number of amides is 1. The topological polar surface area (TPSA) is 58.6 Å². The van der Waals surface area contributed by atoms with Gasteiger partial charge in [-0.05, 0) is 57.4 Å². The first-order chi connectivity index (χ1) is 12.2. The number of hydrogen-bond acceptors (Lipinski definition) is 4. The Morgan fingerprint density at radius 2 is 1.73 bits per heavy atom. The van der Waals surface area contributed by atoms with Crippen molar-refractivity contribution in [2.75, 3.05) is 23.3 Å². The van der Waals surface area contributed by atoms with E-state index in [1.54, 1.807) is 6.92 Å². The number of esters is 1. The summed E-state index contributed by atoms with van der Waals surface area (Å²) in [6.45, 7) is 5.31. The summed E-state index contributed by atoms with van der Waals surface area (Å²) in [5.74, 6) is -0.936. The summed E-state index contributed by atoms with van der Waals surface area (Å²) in [7, 11) is 0. The quantitative estimate of drug-likeness (QED) is 0.598. The zero-order valence-electron chi connectivity index (χ0n) is 15.1. The second-order valence-electron chi connectivity index (χ2n) is 7.34. The van der Waals surface area contributed by atoms with Crippen molar-refractivity contribution in [3.8, 4) is 0 Å². The number of nitrogens with zero attached hydrogens (tertiary/aromatic N) is 1. The van der Waals surface area contributed by atoms with Gasteiger partial charge in [0.15, 0.2) is 6.10 Å². The third-order valence-electron chi connectivity index (χ3n) is 5.22. The molecule has 1 saturated heterocycles. The van der Waals surface area contributed by atoms with Gasteiger partial charge in [-0.2, -0.15) is 0 Å². The average molecular weight is 399 g/mol. The van der Waals surface area contributed by atoms with Crippen LogP contribution in [0.15, 0.2) is 24.3 Å². The molecule has 2 aliphatic rings. The monoisotopic (exact) mass is 398 g/mol. The molecule has 2 fully saturated rings. The Balaban J connectivity index is 1.53. The highest BCUT2D eigenvalue weighted by atomic mass is 35.5. The highest BCUT2D eigenvalue weighted by Gasteiger charge is 2.69. The molecule has 5 nitrogen and oxygen atoms in total. The van der Waals surface area contributed by atoms with Gasteiger partial charge >= 0.3 is 5.97 Å². The van der Waals surface area contributed by atoms with Gasteiger partial charge in [0.25, 0.3) is 5.91 Å². The van der Waals surface area contributed by atoms with Crippen LogP contribution in [0.25, 0.3) is 0 Å². The minimum atomic E-state index is -1.11. The summed E-state index contributed by atoms with van der Waals surface area (Å²) in [4.78, 5) is 26.8. The highest BCUT2D eigenvalue weighted by Crippen LogP contribution is 2.64. The molecule has 1 aliphatic carbocycles. The summed E-state index contributed by atoms with van der Waals surface area (Å²) in [6.07, 6.45) is 3.12. The first-order valence-electron chi connectivity index (χ1n) is 8.98. The smallest absolute Gasteiger partial charge is 0.315 e. The molecule has 2 unspecified atom stereocenters. The molecule has 1 aromatic rings. The van der Waals surface area contributed by atoms with Crippen LogP contribution in [0, 0.1) is 5.41 Å². The molecular weight excluding hydrogens is 375 g/mol. The zero-order valence-corrected chi connectivity index (χ0v) is 16.6. The molecule has 0 radical (unpaired) electrons. The molecule has 1 saturated carbocycles. The minimum Gasteiger partial charge on any atom is -0.452 e. The van der Waals surface area contributed by atoms with Gasteiger partial charge in [-0.3, -0.25) is 9.59 Å². The van der Waals surface area contributed by atoms with E-state index in [0.29, 0.717) is 12.1 Å². The van der Waals surface area contributed by atoms with E-state index >= 15 is 0 Å². The molecular formula is C19H24Cl2N2O3. The van der Waals surface area contributed by atoms with Crippen molar-refractivity contribution in [3.05, 3.63) is 24.3 Å². The summed E-state index contributed by atoms with van der Waals surface area (Å²) >= 11 is 12.0. The lowest BCUT2D eigenvalue weighted by molar-refractivity contribution is -0.158. The van der Waals surface area contributed by atoms with Crippen LogP contribution in [0.4, 0.5) is 11.4 Å². The molecule has 1 aliphatic heterocycles. The van der Waals surface area contributed by atoms with E-state index < -0.39 is 21.8 Å². The van der Waals surface area contributed by atoms with Crippen molar-refractivity contribution in [2.45, 2.75) is 50.0 Å². The first-order valence-corrected chi connectivity index (χ1v) is 9.73. The maximum absolute atomic E-state index is 12.3. The van der Waals surface area contributed by atoms with Crippen molar-refractivity contribution in [3.63, 3.8) is 0 Å². The lowest BCUT2D eigenvalue weighted by atomic mass is 10.1. The highest BCUT2D eigenvalue weighted by molar-refractivity contribution is 6.53. The summed E-state index contributed by atoms with van der Waals surface area (Å²) in [5, 5.41) is 2.77. The van der Waals surface area contributed by atoms with Crippen molar-refractivity contribution >= 4 is 46.5 Å². The number of rotatable bonds is 5. The third kappa shape index (κ3) is 3.94. The zero-order chi connectivity index (χ0) is 18.9. The Hall–Kier alpha value is -1.46. The number of carbonyl (C=O) groups excluding carboxylic acids is 2. The van der Waals surface area contributed by atoms with Crippen LogP contribution >= 0.6 is 23.2 Å². The number of benzene rings is 1.